The van der Waals surface area contributed by atoms with Crippen LogP contribution < -0.4 is 20.7 Å². The molecule has 120 valence electrons. The van der Waals surface area contributed by atoms with Gasteiger partial charge in [0.1, 0.15) is 5.75 Å². The molecule has 0 saturated heterocycles. The normalized spacial score (nSPS) is 16.6. The Kier molecular flexibility index (Phi) is 4.48. The number of anilines is 2. The van der Waals surface area contributed by atoms with E-state index in [9.17, 15) is 4.79 Å². The van der Waals surface area contributed by atoms with Crippen LogP contribution in [0.3, 0.4) is 0 Å². The van der Waals surface area contributed by atoms with Crippen LogP contribution in [0, 0.1) is 0 Å². The zero-order valence-electron chi connectivity index (χ0n) is 13.2. The fourth-order valence-electron chi connectivity index (χ4n) is 2.98. The predicted molar refractivity (Wildman–Crippen MR) is 92.0 cm³/mol. The van der Waals surface area contributed by atoms with Gasteiger partial charge in [0, 0.05) is 18.3 Å². The molecule has 5 heteroatoms. The minimum atomic E-state index is -0.0848. The second kappa shape index (κ2) is 6.71. The number of nitrogens with one attached hydrogen (secondary N) is 1. The second-order valence-electron chi connectivity index (χ2n) is 5.72. The fraction of sp³-hybridized carbons (Fsp3) is 0.278. The van der Waals surface area contributed by atoms with Crippen molar-refractivity contribution in [3.8, 4) is 5.75 Å². The molecule has 0 bridgehead atoms. The van der Waals surface area contributed by atoms with Crippen LogP contribution in [-0.2, 0) is 11.2 Å². The van der Waals surface area contributed by atoms with Gasteiger partial charge in [-0.25, -0.2) is 0 Å². The van der Waals surface area contributed by atoms with Crippen LogP contribution in [0.4, 0.5) is 11.4 Å². The molecule has 1 aliphatic rings. The molecular formula is C18H21N3O2. The summed E-state index contributed by atoms with van der Waals surface area (Å²) in [7, 11) is 1.59. The number of benzene rings is 2. The number of fused-ring (bicyclic) bond motifs is 1. The van der Waals surface area contributed by atoms with Crippen molar-refractivity contribution in [2.45, 2.75) is 12.5 Å². The van der Waals surface area contributed by atoms with E-state index in [1.807, 2.05) is 47.4 Å². The molecule has 0 aliphatic carbocycles. The first-order chi connectivity index (χ1) is 11.2. The van der Waals surface area contributed by atoms with Crippen molar-refractivity contribution >= 4 is 17.3 Å². The smallest absolute Gasteiger partial charge is 0.243 e. The lowest BCUT2D eigenvalue weighted by atomic mass is 9.98. The Hall–Kier alpha value is -2.53. The van der Waals surface area contributed by atoms with Crippen molar-refractivity contribution in [1.82, 2.24) is 0 Å². The Morgan fingerprint density at radius 3 is 2.83 bits per heavy atom. The summed E-state index contributed by atoms with van der Waals surface area (Å²) in [5, 5.41) is 2.91. The highest BCUT2D eigenvalue weighted by molar-refractivity contribution is 5.95. The van der Waals surface area contributed by atoms with Crippen LogP contribution in [-0.4, -0.2) is 32.1 Å². The topological polar surface area (TPSA) is 67.6 Å². The van der Waals surface area contributed by atoms with Crippen molar-refractivity contribution in [2.75, 3.05) is 30.4 Å². The number of nitrogens with zero attached hydrogens (tertiary/aromatic N) is 1. The number of nitrogens with two attached hydrogens (primary N) is 1. The summed E-state index contributed by atoms with van der Waals surface area (Å²) in [5.41, 5.74) is 9.07. The second-order valence-corrected chi connectivity index (χ2v) is 5.72. The number of hydrogen-bond donors (Lipinski definition) is 2. The Morgan fingerprint density at radius 1 is 1.26 bits per heavy atom. The Bertz CT molecular complexity index is 702. The highest BCUT2D eigenvalue weighted by atomic mass is 16.5. The lowest BCUT2D eigenvalue weighted by molar-refractivity contribution is -0.115. The van der Waals surface area contributed by atoms with Gasteiger partial charge in [-0.1, -0.05) is 30.3 Å². The van der Waals surface area contributed by atoms with Crippen LogP contribution in [0.5, 0.6) is 5.75 Å². The van der Waals surface area contributed by atoms with Gasteiger partial charge in [-0.3, -0.25) is 4.79 Å². The molecular weight excluding hydrogens is 290 g/mol. The van der Waals surface area contributed by atoms with Crippen LogP contribution >= 0.6 is 0 Å². The van der Waals surface area contributed by atoms with Gasteiger partial charge in [0.2, 0.25) is 5.91 Å². The minimum Gasteiger partial charge on any atom is -0.495 e. The molecule has 1 unspecified atom stereocenters. The van der Waals surface area contributed by atoms with Gasteiger partial charge in [-0.2, -0.15) is 0 Å². The van der Waals surface area contributed by atoms with E-state index in [2.05, 4.69) is 11.4 Å². The lowest BCUT2D eigenvalue weighted by Crippen LogP contribution is -2.46. The zero-order chi connectivity index (χ0) is 16.2. The molecule has 5 nitrogen and oxygen atoms in total. The molecule has 0 spiro atoms. The van der Waals surface area contributed by atoms with Crippen LogP contribution in [0.25, 0.3) is 0 Å². The van der Waals surface area contributed by atoms with E-state index in [-0.39, 0.29) is 18.5 Å². The first-order valence-corrected chi connectivity index (χ1v) is 7.68. The number of carbonyl (C=O) groups excluding carboxylic acids is 1. The summed E-state index contributed by atoms with van der Waals surface area (Å²) in [6, 6.07) is 15.5. The van der Waals surface area contributed by atoms with Gasteiger partial charge in [-0.15, -0.1) is 0 Å². The molecule has 23 heavy (non-hydrogen) atoms. The Labute approximate surface area is 136 Å². The molecule has 1 amide bonds. The van der Waals surface area contributed by atoms with Gasteiger partial charge in [-0.05, 0) is 30.2 Å². The van der Waals surface area contributed by atoms with E-state index >= 15 is 0 Å². The van der Waals surface area contributed by atoms with Crippen molar-refractivity contribution in [3.63, 3.8) is 0 Å². The molecule has 2 aromatic rings. The number of methoxy groups -OCH3 is 1. The van der Waals surface area contributed by atoms with Gasteiger partial charge in [0.15, 0.2) is 0 Å². The molecule has 3 rings (SSSR count). The molecule has 0 radical (unpaired) electrons. The summed E-state index contributed by atoms with van der Waals surface area (Å²) in [5.74, 6) is 0.565. The highest BCUT2D eigenvalue weighted by Crippen LogP contribution is 2.27. The molecule has 3 N–H and O–H groups in total. The first kappa shape index (κ1) is 15.4. The van der Waals surface area contributed by atoms with E-state index in [1.54, 1.807) is 7.11 Å². The minimum absolute atomic E-state index is 0.0453. The maximum Gasteiger partial charge on any atom is 0.243 e. The molecule has 0 aromatic heterocycles. The van der Waals surface area contributed by atoms with Crippen molar-refractivity contribution in [3.05, 3.63) is 54.1 Å². The summed E-state index contributed by atoms with van der Waals surface area (Å²) in [6.07, 6.45) is 0.848. The maximum atomic E-state index is 12.4. The average Bonchev–Trinajstić information content (AvgIpc) is 2.55. The molecule has 0 saturated carbocycles. The SMILES string of the molecule is COc1ccccc1NC(=O)CN1CC(N)Cc2ccccc21. The van der Waals surface area contributed by atoms with Gasteiger partial charge in [0.25, 0.3) is 0 Å². The number of ether oxygens (including phenoxy) is 1. The van der Waals surface area contributed by atoms with E-state index in [0.29, 0.717) is 18.0 Å². The third-order valence-corrected chi connectivity index (χ3v) is 3.98. The number of rotatable bonds is 4. The fourth-order valence-corrected chi connectivity index (χ4v) is 2.98. The number of carbonyl (C=O) groups is 1. The first-order valence-electron chi connectivity index (χ1n) is 7.68. The third kappa shape index (κ3) is 3.46. The van der Waals surface area contributed by atoms with Crippen LogP contribution in [0.1, 0.15) is 5.56 Å². The van der Waals surface area contributed by atoms with E-state index < -0.39 is 0 Å². The Morgan fingerprint density at radius 2 is 2.00 bits per heavy atom. The van der Waals surface area contributed by atoms with E-state index in [1.165, 1.54) is 5.56 Å². The van der Waals surface area contributed by atoms with Gasteiger partial charge >= 0.3 is 0 Å². The molecule has 1 atom stereocenters. The number of hydrogen-bond acceptors (Lipinski definition) is 4. The van der Waals surface area contributed by atoms with E-state index in [4.69, 9.17) is 10.5 Å². The largest absolute Gasteiger partial charge is 0.495 e. The number of para-hydroxylation sites is 3. The molecule has 1 heterocycles. The standard InChI is InChI=1S/C18H21N3O2/c1-23-17-9-5-3-7-15(17)20-18(22)12-21-11-14(19)10-13-6-2-4-8-16(13)21/h2-9,14H,10-12,19H2,1H3,(H,20,22). The number of amides is 1. The summed E-state index contributed by atoms with van der Waals surface area (Å²) >= 11 is 0. The van der Waals surface area contributed by atoms with Gasteiger partial charge in [0.05, 0.1) is 19.3 Å². The van der Waals surface area contributed by atoms with Crippen LogP contribution in [0.2, 0.25) is 0 Å². The zero-order valence-corrected chi connectivity index (χ0v) is 13.2. The molecule has 0 fully saturated rings. The quantitative estimate of drug-likeness (QED) is 0.906. The average molecular weight is 311 g/mol. The maximum absolute atomic E-state index is 12.4. The van der Waals surface area contributed by atoms with Crippen molar-refractivity contribution < 1.29 is 9.53 Å². The summed E-state index contributed by atoms with van der Waals surface area (Å²) < 4.78 is 5.26. The van der Waals surface area contributed by atoms with Crippen molar-refractivity contribution in [1.29, 1.82) is 0 Å². The van der Waals surface area contributed by atoms with E-state index in [0.717, 1.165) is 12.1 Å². The summed E-state index contributed by atoms with van der Waals surface area (Å²) in [6.45, 7) is 0.944. The third-order valence-electron chi connectivity index (χ3n) is 3.98. The predicted octanol–water partition coefficient (Wildman–Crippen LogP) is 2.02. The van der Waals surface area contributed by atoms with Crippen molar-refractivity contribution in [2.24, 2.45) is 5.73 Å². The summed E-state index contributed by atoms with van der Waals surface area (Å²) in [4.78, 5) is 14.5. The lowest BCUT2D eigenvalue weighted by Gasteiger charge is -2.34. The van der Waals surface area contributed by atoms with Gasteiger partial charge < -0.3 is 20.7 Å². The highest BCUT2D eigenvalue weighted by Gasteiger charge is 2.23. The monoisotopic (exact) mass is 311 g/mol. The Balaban J connectivity index is 1.73. The molecule has 2 aromatic carbocycles. The molecule has 1 aliphatic heterocycles. The van der Waals surface area contributed by atoms with Crippen LogP contribution in [0.15, 0.2) is 48.5 Å².